The summed E-state index contributed by atoms with van der Waals surface area (Å²) >= 11 is 0. The standard InChI is InChI=1S/C19H31N3O4.ClH/c1-24-16-11-18(26-3)17(25-2)10-14(16)13-22-9-5-4-6-15(22)12-21-19(23)7-8-20;/h10-11,15H,4-9,12-13,20H2,1-3H3,(H,21,23);1H. The van der Waals surface area contributed by atoms with E-state index in [2.05, 4.69) is 10.2 Å². The van der Waals surface area contributed by atoms with Gasteiger partial charge in [0.25, 0.3) is 0 Å². The van der Waals surface area contributed by atoms with Crippen molar-refractivity contribution in [3.05, 3.63) is 17.7 Å². The molecule has 1 unspecified atom stereocenters. The second kappa shape index (κ2) is 11.9. The number of carbonyl (C=O) groups is 1. The average Bonchev–Trinajstić information content (AvgIpc) is 2.67. The van der Waals surface area contributed by atoms with E-state index in [-0.39, 0.29) is 18.3 Å². The third-order valence-corrected chi connectivity index (χ3v) is 4.82. The maximum atomic E-state index is 11.7. The fourth-order valence-corrected chi connectivity index (χ4v) is 3.39. The molecule has 1 aliphatic rings. The number of piperidine rings is 1. The van der Waals surface area contributed by atoms with Gasteiger partial charge in [-0.3, -0.25) is 9.69 Å². The van der Waals surface area contributed by atoms with Crippen molar-refractivity contribution >= 4 is 18.3 Å². The van der Waals surface area contributed by atoms with Gasteiger partial charge in [0.15, 0.2) is 11.5 Å². The fourth-order valence-electron chi connectivity index (χ4n) is 3.39. The van der Waals surface area contributed by atoms with Gasteiger partial charge in [0.2, 0.25) is 5.91 Å². The summed E-state index contributed by atoms with van der Waals surface area (Å²) < 4.78 is 16.3. The number of likely N-dealkylation sites (tertiary alicyclic amines) is 1. The van der Waals surface area contributed by atoms with Gasteiger partial charge in [0.05, 0.1) is 21.3 Å². The van der Waals surface area contributed by atoms with E-state index in [0.717, 1.165) is 37.2 Å². The molecule has 0 bridgehead atoms. The van der Waals surface area contributed by atoms with E-state index in [4.69, 9.17) is 19.9 Å². The third-order valence-electron chi connectivity index (χ3n) is 4.82. The Morgan fingerprint density at radius 3 is 2.44 bits per heavy atom. The van der Waals surface area contributed by atoms with Crippen LogP contribution in [0.1, 0.15) is 31.2 Å². The highest BCUT2D eigenvalue weighted by Crippen LogP contribution is 2.36. The molecule has 1 aromatic carbocycles. The highest BCUT2D eigenvalue weighted by molar-refractivity contribution is 5.85. The number of benzene rings is 1. The molecule has 0 spiro atoms. The zero-order valence-corrected chi connectivity index (χ0v) is 17.3. The molecule has 7 nitrogen and oxygen atoms in total. The van der Waals surface area contributed by atoms with Gasteiger partial charge in [-0.1, -0.05) is 6.42 Å². The van der Waals surface area contributed by atoms with E-state index >= 15 is 0 Å². The first kappa shape index (κ1) is 23.3. The van der Waals surface area contributed by atoms with Crippen molar-refractivity contribution in [2.24, 2.45) is 5.73 Å². The van der Waals surface area contributed by atoms with Gasteiger partial charge in [0, 0.05) is 43.7 Å². The molecule has 3 N–H and O–H groups in total. The average molecular weight is 402 g/mol. The van der Waals surface area contributed by atoms with Crippen LogP contribution < -0.4 is 25.3 Å². The Bertz CT molecular complexity index is 601. The topological polar surface area (TPSA) is 86.0 Å². The van der Waals surface area contributed by atoms with Gasteiger partial charge in [-0.2, -0.15) is 0 Å². The molecule has 1 saturated heterocycles. The minimum atomic E-state index is 0. The van der Waals surface area contributed by atoms with Crippen LogP contribution in [0.2, 0.25) is 0 Å². The van der Waals surface area contributed by atoms with Gasteiger partial charge in [0.1, 0.15) is 5.75 Å². The smallest absolute Gasteiger partial charge is 0.221 e. The Labute approximate surface area is 167 Å². The fraction of sp³-hybridized carbons (Fsp3) is 0.632. The quantitative estimate of drug-likeness (QED) is 0.657. The van der Waals surface area contributed by atoms with Crippen molar-refractivity contribution in [1.29, 1.82) is 0 Å². The summed E-state index contributed by atoms with van der Waals surface area (Å²) in [4.78, 5) is 14.1. The highest BCUT2D eigenvalue weighted by Gasteiger charge is 2.24. The number of nitrogens with zero attached hydrogens (tertiary/aromatic N) is 1. The molecular formula is C19H32ClN3O4. The third kappa shape index (κ3) is 6.45. The molecule has 0 aliphatic carbocycles. The number of hydrogen-bond donors (Lipinski definition) is 2. The van der Waals surface area contributed by atoms with Crippen molar-refractivity contribution in [2.75, 3.05) is 41.0 Å². The number of ether oxygens (including phenoxy) is 3. The number of methoxy groups -OCH3 is 3. The van der Waals surface area contributed by atoms with Crippen LogP contribution in [0.25, 0.3) is 0 Å². The molecule has 1 aromatic rings. The van der Waals surface area contributed by atoms with E-state index in [9.17, 15) is 4.79 Å². The van der Waals surface area contributed by atoms with Crippen LogP contribution in [0, 0.1) is 0 Å². The van der Waals surface area contributed by atoms with Gasteiger partial charge in [-0.15, -0.1) is 12.4 Å². The lowest BCUT2D eigenvalue weighted by molar-refractivity contribution is -0.121. The Morgan fingerprint density at radius 2 is 1.81 bits per heavy atom. The van der Waals surface area contributed by atoms with Crippen LogP contribution >= 0.6 is 12.4 Å². The largest absolute Gasteiger partial charge is 0.496 e. The zero-order valence-electron chi connectivity index (χ0n) is 16.5. The molecule has 0 radical (unpaired) electrons. The lowest BCUT2D eigenvalue weighted by Gasteiger charge is -2.36. The first-order chi connectivity index (χ1) is 12.6. The van der Waals surface area contributed by atoms with E-state index in [1.165, 1.54) is 6.42 Å². The Morgan fingerprint density at radius 1 is 1.15 bits per heavy atom. The number of hydrogen-bond acceptors (Lipinski definition) is 6. The van der Waals surface area contributed by atoms with Gasteiger partial charge in [-0.25, -0.2) is 0 Å². The molecular weight excluding hydrogens is 370 g/mol. The van der Waals surface area contributed by atoms with E-state index in [0.29, 0.717) is 37.1 Å². The van der Waals surface area contributed by atoms with Crippen LogP contribution in [0.15, 0.2) is 12.1 Å². The SMILES string of the molecule is COc1cc(OC)c(OC)cc1CN1CCCCC1CNC(=O)CCN.Cl. The number of halogens is 1. The van der Waals surface area contributed by atoms with Crippen LogP contribution in [-0.4, -0.2) is 57.8 Å². The van der Waals surface area contributed by atoms with E-state index in [1.54, 1.807) is 21.3 Å². The van der Waals surface area contributed by atoms with Crippen molar-refractivity contribution in [3.63, 3.8) is 0 Å². The lowest BCUT2D eigenvalue weighted by Crippen LogP contribution is -2.46. The maximum Gasteiger partial charge on any atom is 0.221 e. The summed E-state index contributed by atoms with van der Waals surface area (Å²) in [6, 6.07) is 4.13. The first-order valence-corrected chi connectivity index (χ1v) is 9.12. The highest BCUT2D eigenvalue weighted by atomic mass is 35.5. The monoisotopic (exact) mass is 401 g/mol. The van der Waals surface area contributed by atoms with Crippen molar-refractivity contribution in [2.45, 2.75) is 38.3 Å². The number of carbonyl (C=O) groups excluding carboxylic acids is 1. The van der Waals surface area contributed by atoms with E-state index < -0.39 is 0 Å². The van der Waals surface area contributed by atoms with E-state index in [1.807, 2.05) is 12.1 Å². The molecule has 0 saturated carbocycles. The molecule has 0 aromatic heterocycles. The summed E-state index contributed by atoms with van der Waals surface area (Å²) in [5.74, 6) is 2.13. The summed E-state index contributed by atoms with van der Waals surface area (Å²) in [7, 11) is 4.90. The van der Waals surface area contributed by atoms with Crippen molar-refractivity contribution in [3.8, 4) is 17.2 Å². The number of nitrogens with two attached hydrogens (primary N) is 1. The molecule has 1 fully saturated rings. The Balaban J connectivity index is 0.00000364. The zero-order chi connectivity index (χ0) is 18.9. The molecule has 1 aliphatic heterocycles. The van der Waals surface area contributed by atoms with Crippen LogP contribution in [0.4, 0.5) is 0 Å². The number of rotatable bonds is 9. The molecule has 1 amide bonds. The molecule has 154 valence electrons. The second-order valence-electron chi connectivity index (χ2n) is 6.48. The summed E-state index contributed by atoms with van der Waals surface area (Å²) in [6.45, 7) is 2.76. The predicted molar refractivity (Wildman–Crippen MR) is 108 cm³/mol. The molecule has 1 heterocycles. The van der Waals surface area contributed by atoms with Crippen LogP contribution in [0.3, 0.4) is 0 Å². The van der Waals surface area contributed by atoms with Crippen molar-refractivity contribution in [1.82, 2.24) is 10.2 Å². The van der Waals surface area contributed by atoms with Crippen LogP contribution in [0.5, 0.6) is 17.2 Å². The summed E-state index contributed by atoms with van der Waals surface area (Å²) in [6.07, 6.45) is 3.77. The predicted octanol–water partition coefficient (Wildman–Crippen LogP) is 1.95. The van der Waals surface area contributed by atoms with Gasteiger partial charge in [-0.05, 0) is 25.5 Å². The van der Waals surface area contributed by atoms with Gasteiger partial charge >= 0.3 is 0 Å². The first-order valence-electron chi connectivity index (χ1n) is 9.12. The van der Waals surface area contributed by atoms with Crippen LogP contribution in [-0.2, 0) is 11.3 Å². The Kier molecular flexibility index (Phi) is 10.3. The summed E-state index contributed by atoms with van der Waals surface area (Å²) in [5, 5.41) is 3.00. The second-order valence-corrected chi connectivity index (χ2v) is 6.48. The molecule has 27 heavy (non-hydrogen) atoms. The summed E-state index contributed by atoms with van der Waals surface area (Å²) in [5.41, 5.74) is 6.49. The minimum absolute atomic E-state index is 0. The maximum absolute atomic E-state index is 11.7. The van der Waals surface area contributed by atoms with Crippen molar-refractivity contribution < 1.29 is 19.0 Å². The molecule has 1 atom stereocenters. The van der Waals surface area contributed by atoms with Gasteiger partial charge < -0.3 is 25.3 Å². The Hall–Kier alpha value is -1.70. The molecule has 8 heteroatoms. The number of amides is 1. The minimum Gasteiger partial charge on any atom is -0.496 e. The molecule has 2 rings (SSSR count). The normalized spacial score (nSPS) is 17.0. The lowest BCUT2D eigenvalue weighted by atomic mass is 10.0. The number of nitrogens with one attached hydrogen (secondary N) is 1.